The molecule has 13 nitrogen and oxygen atoms in total. The molecule has 2 aromatic heterocycles. The molecule has 2 amide bonds. The van der Waals surface area contributed by atoms with E-state index in [0.717, 1.165) is 42.8 Å². The summed E-state index contributed by atoms with van der Waals surface area (Å²) in [5, 5.41) is 4.90. The second-order valence-electron chi connectivity index (χ2n) is 16.0. The van der Waals surface area contributed by atoms with Crippen molar-refractivity contribution >= 4 is 39.0 Å². The van der Waals surface area contributed by atoms with Crippen LogP contribution in [0.25, 0.3) is 0 Å². The van der Waals surface area contributed by atoms with Gasteiger partial charge in [0.1, 0.15) is 27.3 Å². The van der Waals surface area contributed by atoms with Gasteiger partial charge in [0.15, 0.2) is 0 Å². The number of benzene rings is 2. The van der Waals surface area contributed by atoms with E-state index in [2.05, 4.69) is 36.2 Å². The summed E-state index contributed by atoms with van der Waals surface area (Å²) < 4.78 is 48.1. The average Bonchev–Trinajstić information content (AvgIpc) is 3.52. The number of hydrogen-bond acceptors (Lipinski definition) is 10. The second kappa shape index (κ2) is 16.4. The number of carbonyl (C=O) groups excluding carboxylic acids is 2. The van der Waals surface area contributed by atoms with Crippen molar-refractivity contribution in [3.8, 4) is 17.5 Å². The van der Waals surface area contributed by atoms with Crippen LogP contribution in [0.4, 0.5) is 5.69 Å². The minimum absolute atomic E-state index is 0.0436. The van der Waals surface area contributed by atoms with Crippen LogP contribution in [0.15, 0.2) is 83.5 Å². The number of rotatable bonds is 6. The quantitative estimate of drug-likeness (QED) is 0.211. The zero-order chi connectivity index (χ0) is 40.6. The summed E-state index contributed by atoms with van der Waals surface area (Å²) in [4.78, 5) is 34.9. The maximum absolute atomic E-state index is 15.1. The Balaban J connectivity index is 1.23. The van der Waals surface area contributed by atoms with Crippen molar-refractivity contribution in [2.24, 2.45) is 29.2 Å². The Morgan fingerprint density at radius 2 is 1.93 bits per heavy atom. The van der Waals surface area contributed by atoms with Gasteiger partial charge in [0, 0.05) is 67.6 Å². The van der Waals surface area contributed by atoms with Crippen LogP contribution in [-0.4, -0.2) is 82.7 Å². The first kappa shape index (κ1) is 39.9. The molecule has 4 aromatic rings. The molecular weight excluding hydrogens is 780 g/mol. The lowest BCUT2D eigenvalue weighted by Crippen LogP contribution is -2.49. The van der Waals surface area contributed by atoms with E-state index in [-0.39, 0.29) is 46.1 Å². The van der Waals surface area contributed by atoms with E-state index in [9.17, 15) is 9.59 Å². The van der Waals surface area contributed by atoms with Gasteiger partial charge in [-0.15, -0.1) is 9.46 Å². The molecule has 7 atom stereocenters. The zero-order valence-electron chi connectivity index (χ0n) is 33.1. The molecule has 2 aliphatic carbocycles. The lowest BCUT2D eigenvalue weighted by molar-refractivity contribution is 0.0126. The molecule has 306 valence electrons. The highest BCUT2D eigenvalue weighted by atomic mass is 35.5. The van der Waals surface area contributed by atoms with Crippen LogP contribution in [0.3, 0.4) is 0 Å². The highest BCUT2D eigenvalue weighted by molar-refractivity contribution is 7.92. The summed E-state index contributed by atoms with van der Waals surface area (Å²) in [7, 11) is 0.936. The zero-order valence-corrected chi connectivity index (χ0v) is 34.7. The minimum atomic E-state index is -3.82. The summed E-state index contributed by atoms with van der Waals surface area (Å²) in [5.74, 6) is -0.686. The van der Waals surface area contributed by atoms with Gasteiger partial charge in [-0.25, -0.2) is 9.19 Å². The molecule has 2 aliphatic heterocycles. The average molecular weight is 829 g/mol. The highest BCUT2D eigenvalue weighted by Gasteiger charge is 2.44. The van der Waals surface area contributed by atoms with E-state index in [1.54, 1.807) is 50.7 Å². The van der Waals surface area contributed by atoms with Crippen LogP contribution in [0.2, 0.25) is 5.02 Å². The number of nitrogens with one attached hydrogen (secondary N) is 1. The van der Waals surface area contributed by atoms with Crippen molar-refractivity contribution in [3.05, 3.63) is 106 Å². The van der Waals surface area contributed by atoms with Crippen LogP contribution < -0.4 is 23.8 Å². The number of aryl methyl sites for hydroxylation is 2. The summed E-state index contributed by atoms with van der Waals surface area (Å²) >= 11 is 6.49. The molecule has 0 saturated heterocycles. The van der Waals surface area contributed by atoms with Gasteiger partial charge in [0.05, 0.1) is 31.3 Å². The molecule has 0 unspecified atom stereocenters. The molecule has 4 heterocycles. The topological polar surface area (TPSA) is 146 Å². The maximum Gasteiger partial charge on any atom is 0.286 e. The predicted molar refractivity (Wildman–Crippen MR) is 221 cm³/mol. The minimum Gasteiger partial charge on any atom is -0.490 e. The second-order valence-corrected chi connectivity index (χ2v) is 18.4. The van der Waals surface area contributed by atoms with Crippen molar-refractivity contribution in [2.45, 2.75) is 56.7 Å². The number of aromatic nitrogens is 3. The molecule has 4 aliphatic rings. The van der Waals surface area contributed by atoms with Crippen LogP contribution in [0.5, 0.6) is 17.5 Å². The summed E-state index contributed by atoms with van der Waals surface area (Å²) in [6, 6.07) is 16.8. The van der Waals surface area contributed by atoms with Gasteiger partial charge in [0.25, 0.3) is 11.8 Å². The highest BCUT2D eigenvalue weighted by Crippen LogP contribution is 2.47. The first-order valence-electron chi connectivity index (χ1n) is 19.7. The van der Waals surface area contributed by atoms with Crippen molar-refractivity contribution in [1.29, 1.82) is 0 Å². The van der Waals surface area contributed by atoms with Gasteiger partial charge in [-0.3, -0.25) is 19.0 Å². The first-order chi connectivity index (χ1) is 28.0. The Morgan fingerprint density at radius 1 is 1.09 bits per heavy atom. The Hall–Kier alpha value is -4.92. The van der Waals surface area contributed by atoms with Crippen molar-refractivity contribution in [2.75, 3.05) is 44.6 Å². The van der Waals surface area contributed by atoms with E-state index >= 15 is 4.21 Å². The van der Waals surface area contributed by atoms with Gasteiger partial charge < -0.3 is 23.8 Å². The molecule has 8 rings (SSSR count). The molecule has 2 aromatic carbocycles. The van der Waals surface area contributed by atoms with E-state index in [4.69, 9.17) is 30.5 Å². The number of pyridine rings is 1. The third-order valence-electron chi connectivity index (χ3n) is 12.1. The smallest absolute Gasteiger partial charge is 0.286 e. The lowest BCUT2D eigenvalue weighted by Gasteiger charge is -2.46. The van der Waals surface area contributed by atoms with E-state index in [1.165, 1.54) is 29.1 Å². The molecule has 58 heavy (non-hydrogen) atoms. The monoisotopic (exact) mass is 828 g/mol. The van der Waals surface area contributed by atoms with Gasteiger partial charge in [-0.05, 0) is 97.5 Å². The molecule has 1 spiro atoms. The molecule has 1 N–H and O–H groups in total. The SMILES string of the molecule is COc1nn(C)cc1C(=O)N[S@@]1(=O)=NC(=O)c2ccc3c(c2)N(C[C@@H]2CC[C@H]2[C@@H](OC)/C=C/[C@H](Oc2ccccn2)[C@H](C)C1)C[C@@]1(CCCc2cc(Cl)ccc21)CO3. The van der Waals surface area contributed by atoms with Gasteiger partial charge in [-0.2, -0.15) is 0 Å². The number of nitrogens with zero attached hydrogens (tertiary/aromatic N) is 5. The molecule has 1 fully saturated rings. The van der Waals surface area contributed by atoms with Crippen LogP contribution >= 0.6 is 11.6 Å². The number of fused-ring (bicyclic) bond motifs is 4. The number of hydrogen-bond donors (Lipinski definition) is 1. The number of amides is 2. The summed E-state index contributed by atoms with van der Waals surface area (Å²) in [6.45, 7) is 3.68. The number of methoxy groups -OCH3 is 2. The fourth-order valence-electron chi connectivity index (χ4n) is 9.01. The Morgan fingerprint density at radius 3 is 2.69 bits per heavy atom. The number of carbonyl (C=O) groups is 2. The normalized spacial score (nSPS) is 28.7. The molecule has 15 heteroatoms. The number of halogens is 1. The van der Waals surface area contributed by atoms with Gasteiger partial charge in [0.2, 0.25) is 11.8 Å². The predicted octanol–water partition coefficient (Wildman–Crippen LogP) is 6.60. The molecular formula is C43H49ClN6O7S. The van der Waals surface area contributed by atoms with Crippen LogP contribution in [0, 0.1) is 17.8 Å². The number of anilines is 1. The van der Waals surface area contributed by atoms with Crippen molar-refractivity contribution < 1.29 is 32.7 Å². The van der Waals surface area contributed by atoms with Crippen molar-refractivity contribution in [3.63, 3.8) is 0 Å². The van der Waals surface area contributed by atoms with Gasteiger partial charge in [-0.1, -0.05) is 36.7 Å². The van der Waals surface area contributed by atoms with E-state index in [1.807, 2.05) is 31.2 Å². The third-order valence-corrected chi connectivity index (χ3v) is 14.2. The molecule has 1 saturated carbocycles. The Labute approximate surface area is 344 Å². The fourth-order valence-corrected chi connectivity index (χ4v) is 11.1. The van der Waals surface area contributed by atoms with E-state index in [0.29, 0.717) is 31.3 Å². The van der Waals surface area contributed by atoms with Crippen molar-refractivity contribution in [1.82, 2.24) is 19.5 Å². The largest absolute Gasteiger partial charge is 0.490 e. The molecule has 2 bridgehead atoms. The summed E-state index contributed by atoms with van der Waals surface area (Å²) in [6.07, 6.45) is 11.0. The third kappa shape index (κ3) is 8.06. The van der Waals surface area contributed by atoms with Gasteiger partial charge >= 0.3 is 0 Å². The standard InChI is InChI=1S/C43H49ClN6O7S/c1-27-24-58(53,48-41(52)33-23-49(2)46-42(33)55-4)47-40(51)29-11-15-38-35(21-29)50(25-43(26-56-38)18-7-8-28-20-31(44)12-14-34(28)43)22-30-10-13-32(30)37(54-3)17-16-36(27)57-39-9-5-6-19-45-39/h5-6,9,11-12,14-17,19-21,23,27,30,32,36-37H,7-8,10,13,18,22,24-26H2,1-4H3,(H,47,48,51,52,53)/b17-16+/t27-,30+,32-,36+,37+,43+,58+/m1/s1. The van der Waals surface area contributed by atoms with Crippen LogP contribution in [0.1, 0.15) is 64.4 Å². The first-order valence-corrected chi connectivity index (χ1v) is 21.8. The summed E-state index contributed by atoms with van der Waals surface area (Å²) in [5.41, 5.74) is 3.21. The van der Waals surface area contributed by atoms with Crippen LogP contribution in [-0.2, 0) is 33.5 Å². The Kier molecular flexibility index (Phi) is 11.3. The van der Waals surface area contributed by atoms with E-state index < -0.39 is 33.8 Å². The molecule has 0 radical (unpaired) electrons. The Bertz CT molecular complexity index is 2350. The maximum atomic E-state index is 15.1. The lowest BCUT2D eigenvalue weighted by atomic mass is 9.68. The fraction of sp³-hybridized carbons (Fsp3) is 0.442. The number of ether oxygens (including phenoxy) is 4.